The van der Waals surface area contributed by atoms with Crippen LogP contribution in [0.2, 0.25) is 0 Å². The number of anilines is 1. The predicted molar refractivity (Wildman–Crippen MR) is 104 cm³/mol. The van der Waals surface area contributed by atoms with Crippen LogP contribution in [0.15, 0.2) is 57.5 Å². The van der Waals surface area contributed by atoms with Crippen molar-refractivity contribution in [2.75, 3.05) is 11.9 Å². The van der Waals surface area contributed by atoms with Crippen molar-refractivity contribution >= 4 is 27.7 Å². The molecule has 3 rings (SSSR count). The average molecular weight is 415 g/mol. The number of aromatic nitrogens is 1. The second kappa shape index (κ2) is 8.19. The molecule has 3 aromatic rings. The van der Waals surface area contributed by atoms with Gasteiger partial charge in [-0.15, -0.1) is 0 Å². The van der Waals surface area contributed by atoms with E-state index in [1.54, 1.807) is 6.92 Å². The summed E-state index contributed by atoms with van der Waals surface area (Å²) >= 11 is 3.40. The van der Waals surface area contributed by atoms with Gasteiger partial charge in [-0.05, 0) is 43.7 Å². The van der Waals surface area contributed by atoms with Gasteiger partial charge in [0.2, 0.25) is 0 Å². The van der Waals surface area contributed by atoms with Crippen LogP contribution in [-0.2, 0) is 11.2 Å². The van der Waals surface area contributed by atoms with E-state index in [1.165, 1.54) is 5.56 Å². The van der Waals surface area contributed by atoms with Gasteiger partial charge in [-0.25, -0.2) is 4.79 Å². The van der Waals surface area contributed by atoms with Crippen LogP contribution in [0.1, 0.15) is 16.8 Å². The maximum Gasteiger partial charge on any atom is 0.411 e. The van der Waals surface area contributed by atoms with Gasteiger partial charge in [0.15, 0.2) is 5.76 Å². The molecule has 0 saturated heterocycles. The number of nitrogens with zero attached hydrogens (tertiary/aromatic N) is 1. The first-order valence-electron chi connectivity index (χ1n) is 8.24. The first kappa shape index (κ1) is 18.2. The van der Waals surface area contributed by atoms with Crippen LogP contribution in [-0.4, -0.2) is 17.9 Å². The molecule has 1 heterocycles. The van der Waals surface area contributed by atoms with Crippen LogP contribution in [0.5, 0.6) is 0 Å². The topological polar surface area (TPSA) is 64.4 Å². The number of amides is 1. The van der Waals surface area contributed by atoms with Crippen LogP contribution in [0.3, 0.4) is 0 Å². The number of halogens is 1. The Bertz CT molecular complexity index is 904. The smallest absolute Gasteiger partial charge is 0.411 e. The van der Waals surface area contributed by atoms with E-state index >= 15 is 0 Å². The summed E-state index contributed by atoms with van der Waals surface area (Å²) in [6.45, 7) is 4.11. The van der Waals surface area contributed by atoms with E-state index in [0.717, 1.165) is 15.6 Å². The molecule has 1 N–H and O–H groups in total. The highest BCUT2D eigenvalue weighted by atomic mass is 79.9. The van der Waals surface area contributed by atoms with Crippen molar-refractivity contribution in [3.05, 3.63) is 69.8 Å². The number of ether oxygens (including phenoxy) is 1. The molecule has 5 nitrogen and oxygen atoms in total. The number of nitrogens with one attached hydrogen (secondary N) is 1. The highest BCUT2D eigenvalue weighted by Crippen LogP contribution is 2.31. The van der Waals surface area contributed by atoms with Gasteiger partial charge in [-0.1, -0.05) is 50.9 Å². The number of hydrogen-bond acceptors (Lipinski definition) is 4. The lowest BCUT2D eigenvalue weighted by Gasteiger charge is -2.08. The Morgan fingerprint density at radius 2 is 1.96 bits per heavy atom. The molecule has 26 heavy (non-hydrogen) atoms. The molecule has 0 saturated carbocycles. The van der Waals surface area contributed by atoms with E-state index in [-0.39, 0.29) is 0 Å². The molecule has 6 heteroatoms. The number of carbonyl (C=O) groups is 1. The zero-order chi connectivity index (χ0) is 18.5. The standard InChI is InChI=1S/C20H19BrN2O3/c1-13-4-3-5-15(12-13)10-11-25-20(24)22-18-14(2)23-26-19(18)16-6-8-17(21)9-7-16/h3-9,12H,10-11H2,1-2H3,(H,22,24). The van der Waals surface area contributed by atoms with Gasteiger partial charge < -0.3 is 9.26 Å². The minimum Gasteiger partial charge on any atom is -0.449 e. The Labute approximate surface area is 160 Å². The average Bonchev–Trinajstić information content (AvgIpc) is 2.96. The maximum atomic E-state index is 12.1. The van der Waals surface area contributed by atoms with Crippen LogP contribution >= 0.6 is 15.9 Å². The number of rotatable bonds is 5. The molecule has 134 valence electrons. The summed E-state index contributed by atoms with van der Waals surface area (Å²) in [4.78, 5) is 12.1. The van der Waals surface area contributed by atoms with Gasteiger partial charge in [0.25, 0.3) is 0 Å². The van der Waals surface area contributed by atoms with Gasteiger partial charge >= 0.3 is 6.09 Å². The second-order valence-corrected chi connectivity index (χ2v) is 6.89. The third-order valence-electron chi connectivity index (χ3n) is 3.90. The molecule has 0 spiro atoms. The van der Waals surface area contributed by atoms with Crippen molar-refractivity contribution in [1.82, 2.24) is 5.16 Å². The van der Waals surface area contributed by atoms with E-state index in [2.05, 4.69) is 32.5 Å². The number of carbonyl (C=O) groups excluding carboxylic acids is 1. The third-order valence-corrected chi connectivity index (χ3v) is 4.43. The Morgan fingerprint density at radius 3 is 2.69 bits per heavy atom. The highest BCUT2D eigenvalue weighted by Gasteiger charge is 2.18. The summed E-state index contributed by atoms with van der Waals surface area (Å²) in [5.74, 6) is 0.505. The number of aryl methyl sites for hydroxylation is 2. The van der Waals surface area contributed by atoms with Crippen LogP contribution < -0.4 is 5.32 Å². The SMILES string of the molecule is Cc1cccc(CCOC(=O)Nc2c(C)noc2-c2ccc(Br)cc2)c1. The summed E-state index contributed by atoms with van der Waals surface area (Å²) in [5, 5.41) is 6.69. The van der Waals surface area contributed by atoms with E-state index in [9.17, 15) is 4.79 Å². The van der Waals surface area contributed by atoms with Crippen molar-refractivity contribution in [2.24, 2.45) is 0 Å². The molecule has 0 bridgehead atoms. The summed E-state index contributed by atoms with van der Waals surface area (Å²) in [6, 6.07) is 15.7. The molecule has 2 aromatic carbocycles. The lowest BCUT2D eigenvalue weighted by atomic mass is 10.1. The fourth-order valence-corrected chi connectivity index (χ4v) is 2.85. The molecule has 0 aliphatic carbocycles. The molecule has 0 atom stereocenters. The summed E-state index contributed by atoms with van der Waals surface area (Å²) < 4.78 is 11.6. The van der Waals surface area contributed by atoms with Crippen molar-refractivity contribution in [3.8, 4) is 11.3 Å². The molecule has 0 unspecified atom stereocenters. The predicted octanol–water partition coefficient (Wildman–Crippen LogP) is 5.51. The van der Waals surface area contributed by atoms with Crippen LogP contribution in [0.4, 0.5) is 10.5 Å². The van der Waals surface area contributed by atoms with Crippen molar-refractivity contribution < 1.29 is 14.1 Å². The largest absolute Gasteiger partial charge is 0.449 e. The van der Waals surface area contributed by atoms with Gasteiger partial charge in [0, 0.05) is 16.5 Å². The molecular formula is C20H19BrN2O3. The molecule has 0 aliphatic rings. The van der Waals surface area contributed by atoms with E-state index < -0.39 is 6.09 Å². The first-order valence-corrected chi connectivity index (χ1v) is 9.04. The maximum absolute atomic E-state index is 12.1. The lowest BCUT2D eigenvalue weighted by Crippen LogP contribution is -2.16. The van der Waals surface area contributed by atoms with Crippen LogP contribution in [0, 0.1) is 13.8 Å². The Hall–Kier alpha value is -2.60. The quantitative estimate of drug-likeness (QED) is 0.597. The Morgan fingerprint density at radius 1 is 1.19 bits per heavy atom. The Balaban J connectivity index is 1.62. The van der Waals surface area contributed by atoms with Gasteiger partial charge in [0.05, 0.1) is 6.61 Å². The molecule has 0 radical (unpaired) electrons. The Kier molecular flexibility index (Phi) is 5.73. The lowest BCUT2D eigenvalue weighted by molar-refractivity contribution is 0.163. The number of hydrogen-bond donors (Lipinski definition) is 1. The summed E-state index contributed by atoms with van der Waals surface area (Å²) in [5.41, 5.74) is 4.26. The summed E-state index contributed by atoms with van der Waals surface area (Å²) in [7, 11) is 0. The normalized spacial score (nSPS) is 10.6. The van der Waals surface area contributed by atoms with Gasteiger partial charge in [-0.2, -0.15) is 0 Å². The van der Waals surface area contributed by atoms with Crippen molar-refractivity contribution in [1.29, 1.82) is 0 Å². The minimum absolute atomic E-state index is 0.299. The number of benzene rings is 2. The van der Waals surface area contributed by atoms with E-state index in [1.807, 2.05) is 49.4 Å². The van der Waals surface area contributed by atoms with E-state index in [4.69, 9.17) is 9.26 Å². The molecule has 0 fully saturated rings. The molecule has 0 aliphatic heterocycles. The zero-order valence-electron chi connectivity index (χ0n) is 14.6. The van der Waals surface area contributed by atoms with Gasteiger partial charge in [0.1, 0.15) is 11.4 Å². The third kappa shape index (κ3) is 4.52. The van der Waals surface area contributed by atoms with Crippen LogP contribution in [0.25, 0.3) is 11.3 Å². The molecule has 1 aromatic heterocycles. The van der Waals surface area contributed by atoms with E-state index in [0.29, 0.717) is 30.2 Å². The van der Waals surface area contributed by atoms with Gasteiger partial charge in [-0.3, -0.25) is 5.32 Å². The minimum atomic E-state index is -0.526. The monoisotopic (exact) mass is 414 g/mol. The summed E-state index contributed by atoms with van der Waals surface area (Å²) in [6.07, 6.45) is 0.138. The zero-order valence-corrected chi connectivity index (χ0v) is 16.2. The first-order chi connectivity index (χ1) is 12.5. The van der Waals surface area contributed by atoms with Crippen molar-refractivity contribution in [3.63, 3.8) is 0 Å². The fourth-order valence-electron chi connectivity index (χ4n) is 2.58. The van der Waals surface area contributed by atoms with Crippen molar-refractivity contribution in [2.45, 2.75) is 20.3 Å². The fraction of sp³-hybridized carbons (Fsp3) is 0.200. The molecular weight excluding hydrogens is 396 g/mol. The molecule has 1 amide bonds. The highest BCUT2D eigenvalue weighted by molar-refractivity contribution is 9.10. The second-order valence-electron chi connectivity index (χ2n) is 5.98.